The Bertz CT molecular complexity index is 772. The second-order valence-corrected chi connectivity index (χ2v) is 6.45. The van der Waals surface area contributed by atoms with Crippen molar-refractivity contribution in [1.29, 1.82) is 0 Å². The van der Waals surface area contributed by atoms with E-state index >= 15 is 0 Å². The molecule has 148 valence electrons. The number of carbonyl (C=O) groups excluding carboxylic acids is 1. The van der Waals surface area contributed by atoms with Crippen molar-refractivity contribution in [3.05, 3.63) is 47.7 Å². The van der Waals surface area contributed by atoms with E-state index in [2.05, 4.69) is 0 Å². The zero-order valence-corrected chi connectivity index (χ0v) is 15.5. The van der Waals surface area contributed by atoms with Crippen LogP contribution in [0.3, 0.4) is 0 Å². The molecule has 0 unspecified atom stereocenters. The van der Waals surface area contributed by atoms with E-state index in [9.17, 15) is 18.0 Å². The van der Waals surface area contributed by atoms with E-state index in [1.54, 1.807) is 17.0 Å². The SMILES string of the molecule is Cl.NCCCC(=O)N(Cc1ccc(-c2ccccc2C(F)(F)F)o1)C1CC1. The van der Waals surface area contributed by atoms with Crippen molar-refractivity contribution < 1.29 is 22.4 Å². The van der Waals surface area contributed by atoms with Gasteiger partial charge in [0.1, 0.15) is 11.5 Å². The quantitative estimate of drug-likeness (QED) is 0.735. The van der Waals surface area contributed by atoms with Crippen LogP contribution in [0.2, 0.25) is 0 Å². The first kappa shape index (κ1) is 21.3. The summed E-state index contributed by atoms with van der Waals surface area (Å²) in [6.07, 6.45) is -1.58. The number of alkyl halides is 3. The molecule has 1 saturated carbocycles. The molecule has 1 aromatic carbocycles. The van der Waals surface area contributed by atoms with Gasteiger partial charge < -0.3 is 15.1 Å². The molecule has 0 aliphatic heterocycles. The molecule has 1 aromatic heterocycles. The second-order valence-electron chi connectivity index (χ2n) is 6.45. The summed E-state index contributed by atoms with van der Waals surface area (Å²) in [6, 6.07) is 8.65. The van der Waals surface area contributed by atoms with E-state index in [0.717, 1.165) is 18.9 Å². The van der Waals surface area contributed by atoms with Crippen molar-refractivity contribution in [3.8, 4) is 11.3 Å². The summed E-state index contributed by atoms with van der Waals surface area (Å²) < 4.78 is 45.2. The van der Waals surface area contributed by atoms with Crippen LogP contribution in [0, 0.1) is 0 Å². The van der Waals surface area contributed by atoms with Gasteiger partial charge in [0.15, 0.2) is 0 Å². The average molecular weight is 403 g/mol. The fraction of sp³-hybridized carbons (Fsp3) is 0.421. The zero-order chi connectivity index (χ0) is 18.7. The van der Waals surface area contributed by atoms with E-state index in [0.29, 0.717) is 25.1 Å². The van der Waals surface area contributed by atoms with Crippen LogP contribution in [0.1, 0.15) is 37.0 Å². The number of furan rings is 1. The molecule has 1 heterocycles. The Balaban J connectivity index is 0.00000261. The number of nitrogens with zero attached hydrogens (tertiary/aromatic N) is 1. The lowest BCUT2D eigenvalue weighted by Crippen LogP contribution is -2.32. The maximum atomic E-state index is 13.2. The zero-order valence-electron chi connectivity index (χ0n) is 14.7. The molecule has 1 aliphatic carbocycles. The third-order valence-corrected chi connectivity index (χ3v) is 4.39. The predicted molar refractivity (Wildman–Crippen MR) is 98.3 cm³/mol. The van der Waals surface area contributed by atoms with Gasteiger partial charge in [0, 0.05) is 18.0 Å². The summed E-state index contributed by atoms with van der Waals surface area (Å²) in [7, 11) is 0. The molecule has 0 bridgehead atoms. The Hall–Kier alpha value is -1.99. The van der Waals surface area contributed by atoms with Crippen LogP contribution in [0.15, 0.2) is 40.8 Å². The first-order valence-corrected chi connectivity index (χ1v) is 8.65. The van der Waals surface area contributed by atoms with Crippen LogP contribution in [0.4, 0.5) is 13.2 Å². The number of amides is 1. The minimum absolute atomic E-state index is 0. The van der Waals surface area contributed by atoms with Crippen LogP contribution >= 0.6 is 12.4 Å². The molecule has 1 amide bonds. The molecule has 8 heteroatoms. The maximum absolute atomic E-state index is 13.2. The summed E-state index contributed by atoms with van der Waals surface area (Å²) >= 11 is 0. The van der Waals surface area contributed by atoms with Crippen LogP contribution in [0.5, 0.6) is 0 Å². The van der Waals surface area contributed by atoms with Crippen molar-refractivity contribution in [2.24, 2.45) is 5.73 Å². The molecule has 27 heavy (non-hydrogen) atoms. The summed E-state index contributed by atoms with van der Waals surface area (Å²) in [5.41, 5.74) is 4.72. The Morgan fingerprint density at radius 1 is 1.19 bits per heavy atom. The van der Waals surface area contributed by atoms with Crippen molar-refractivity contribution in [1.82, 2.24) is 4.90 Å². The first-order chi connectivity index (χ1) is 12.4. The van der Waals surface area contributed by atoms with Crippen molar-refractivity contribution in [3.63, 3.8) is 0 Å². The van der Waals surface area contributed by atoms with Crippen LogP contribution < -0.4 is 5.73 Å². The lowest BCUT2D eigenvalue weighted by molar-refractivity contribution is -0.137. The highest BCUT2D eigenvalue weighted by Crippen LogP contribution is 2.38. The summed E-state index contributed by atoms with van der Waals surface area (Å²) in [5.74, 6) is 0.634. The minimum Gasteiger partial charge on any atom is -0.459 e. The Morgan fingerprint density at radius 2 is 1.89 bits per heavy atom. The standard InChI is InChI=1S/C19H21F3N2O2.ClH/c20-19(21,22)16-5-2-1-4-15(16)17-10-9-14(26-17)12-24(13-7-8-13)18(25)6-3-11-23;/h1-2,4-5,9-10,13H,3,6-8,11-12,23H2;1H. The molecule has 0 radical (unpaired) electrons. The van der Waals surface area contributed by atoms with Gasteiger partial charge in [-0.2, -0.15) is 13.2 Å². The van der Waals surface area contributed by atoms with Gasteiger partial charge in [0.05, 0.1) is 12.1 Å². The number of benzene rings is 1. The maximum Gasteiger partial charge on any atom is 0.417 e. The van der Waals surface area contributed by atoms with E-state index < -0.39 is 11.7 Å². The van der Waals surface area contributed by atoms with Gasteiger partial charge in [-0.3, -0.25) is 4.79 Å². The van der Waals surface area contributed by atoms with Crippen molar-refractivity contribution >= 4 is 18.3 Å². The molecular formula is C19H22ClF3N2O2. The van der Waals surface area contributed by atoms with Crippen molar-refractivity contribution in [2.75, 3.05) is 6.54 Å². The Morgan fingerprint density at radius 3 is 2.52 bits per heavy atom. The summed E-state index contributed by atoms with van der Waals surface area (Å²) in [4.78, 5) is 14.1. The lowest BCUT2D eigenvalue weighted by atomic mass is 10.1. The highest BCUT2D eigenvalue weighted by molar-refractivity contribution is 5.85. The lowest BCUT2D eigenvalue weighted by Gasteiger charge is -2.21. The molecule has 1 fully saturated rings. The van der Waals surface area contributed by atoms with Gasteiger partial charge >= 0.3 is 6.18 Å². The van der Waals surface area contributed by atoms with Gasteiger partial charge in [-0.15, -0.1) is 12.4 Å². The highest BCUT2D eigenvalue weighted by Gasteiger charge is 2.35. The predicted octanol–water partition coefficient (Wildman–Crippen LogP) is 4.62. The number of carbonyl (C=O) groups is 1. The highest BCUT2D eigenvalue weighted by atomic mass is 35.5. The normalized spacial score (nSPS) is 13.9. The third-order valence-electron chi connectivity index (χ3n) is 4.39. The number of nitrogens with two attached hydrogens (primary N) is 1. The van der Waals surface area contributed by atoms with E-state index in [4.69, 9.17) is 10.2 Å². The number of hydrogen-bond acceptors (Lipinski definition) is 3. The van der Waals surface area contributed by atoms with Gasteiger partial charge in [0.25, 0.3) is 0 Å². The molecule has 3 rings (SSSR count). The topological polar surface area (TPSA) is 59.5 Å². The van der Waals surface area contributed by atoms with E-state index in [1.807, 2.05) is 0 Å². The van der Waals surface area contributed by atoms with Gasteiger partial charge in [-0.05, 0) is 44.0 Å². The Labute approximate surface area is 161 Å². The smallest absolute Gasteiger partial charge is 0.417 e. The van der Waals surface area contributed by atoms with Crippen molar-refractivity contribution in [2.45, 2.75) is 44.4 Å². The number of rotatable bonds is 7. The molecule has 1 aliphatic rings. The van der Waals surface area contributed by atoms with Gasteiger partial charge in [0.2, 0.25) is 5.91 Å². The minimum atomic E-state index is -4.46. The van der Waals surface area contributed by atoms with Crippen LogP contribution in [-0.2, 0) is 17.5 Å². The fourth-order valence-corrected chi connectivity index (χ4v) is 2.92. The van der Waals surface area contributed by atoms with Gasteiger partial charge in [-0.25, -0.2) is 0 Å². The average Bonchev–Trinajstić information content (AvgIpc) is 3.34. The molecular weight excluding hydrogens is 381 g/mol. The molecule has 0 atom stereocenters. The van der Waals surface area contributed by atoms with Crippen LogP contribution in [-0.4, -0.2) is 23.4 Å². The van der Waals surface area contributed by atoms with E-state index in [1.165, 1.54) is 18.2 Å². The molecule has 0 saturated heterocycles. The summed E-state index contributed by atoms with van der Waals surface area (Å²) in [6.45, 7) is 0.714. The molecule has 2 N–H and O–H groups in total. The third kappa shape index (κ3) is 5.26. The largest absolute Gasteiger partial charge is 0.459 e. The van der Waals surface area contributed by atoms with Gasteiger partial charge in [-0.1, -0.05) is 18.2 Å². The van der Waals surface area contributed by atoms with E-state index in [-0.39, 0.29) is 42.2 Å². The Kier molecular flexibility index (Phi) is 6.95. The first-order valence-electron chi connectivity index (χ1n) is 8.65. The summed E-state index contributed by atoms with van der Waals surface area (Å²) in [5, 5.41) is 0. The monoisotopic (exact) mass is 402 g/mol. The fourth-order valence-electron chi connectivity index (χ4n) is 2.92. The second kappa shape index (κ2) is 8.80. The molecule has 0 spiro atoms. The number of halogens is 4. The molecule has 4 nitrogen and oxygen atoms in total. The van der Waals surface area contributed by atoms with Crippen LogP contribution in [0.25, 0.3) is 11.3 Å². The molecule has 2 aromatic rings. The number of hydrogen-bond donors (Lipinski definition) is 1.